The highest BCUT2D eigenvalue weighted by atomic mass is 32.2. The van der Waals surface area contributed by atoms with Crippen LogP contribution < -0.4 is 15.4 Å². The van der Waals surface area contributed by atoms with Crippen molar-refractivity contribution >= 4 is 15.9 Å². The minimum atomic E-state index is -2.98. The number of ether oxygens (including phenoxy) is 1. The number of rotatable bonds is 4. The number of benzene rings is 1. The highest BCUT2D eigenvalue weighted by Crippen LogP contribution is 2.13. The van der Waals surface area contributed by atoms with E-state index in [0.717, 1.165) is 11.3 Å². The average molecular weight is 298 g/mol. The first kappa shape index (κ1) is 14.6. The van der Waals surface area contributed by atoms with Gasteiger partial charge >= 0.3 is 6.03 Å². The minimum Gasteiger partial charge on any atom is -0.497 e. The molecule has 1 aromatic rings. The number of sulfone groups is 1. The fourth-order valence-electron chi connectivity index (χ4n) is 2.11. The van der Waals surface area contributed by atoms with E-state index < -0.39 is 9.84 Å². The lowest BCUT2D eigenvalue weighted by atomic mass is 10.2. The van der Waals surface area contributed by atoms with Crippen molar-refractivity contribution in [3.8, 4) is 5.75 Å². The van der Waals surface area contributed by atoms with Gasteiger partial charge in [0.25, 0.3) is 0 Å². The molecular formula is C13H18N2O4S. The number of urea groups is 1. The van der Waals surface area contributed by atoms with Crippen molar-refractivity contribution in [3.63, 3.8) is 0 Å². The first-order valence-corrected chi connectivity index (χ1v) is 8.18. The van der Waals surface area contributed by atoms with E-state index in [1.807, 2.05) is 24.3 Å². The Morgan fingerprint density at radius 1 is 1.45 bits per heavy atom. The van der Waals surface area contributed by atoms with Crippen LogP contribution >= 0.6 is 0 Å². The predicted octanol–water partition coefficient (Wildman–Crippen LogP) is 0.681. The van der Waals surface area contributed by atoms with Crippen LogP contribution in [0.15, 0.2) is 24.3 Å². The third-order valence-corrected chi connectivity index (χ3v) is 4.92. The summed E-state index contributed by atoms with van der Waals surface area (Å²) < 4.78 is 27.7. The molecule has 2 N–H and O–H groups in total. The van der Waals surface area contributed by atoms with Crippen molar-refractivity contribution in [2.45, 2.75) is 19.0 Å². The van der Waals surface area contributed by atoms with Gasteiger partial charge in [0.1, 0.15) is 5.75 Å². The van der Waals surface area contributed by atoms with E-state index in [0.29, 0.717) is 13.0 Å². The largest absolute Gasteiger partial charge is 0.497 e. The number of amides is 2. The molecule has 2 amide bonds. The van der Waals surface area contributed by atoms with Gasteiger partial charge in [0.05, 0.1) is 18.6 Å². The van der Waals surface area contributed by atoms with Gasteiger partial charge in [0.2, 0.25) is 0 Å². The molecule has 2 rings (SSSR count). The Hall–Kier alpha value is -1.76. The van der Waals surface area contributed by atoms with Crippen LogP contribution in [-0.4, -0.2) is 39.1 Å². The smallest absolute Gasteiger partial charge is 0.315 e. The number of carbonyl (C=O) groups excluding carboxylic acids is 1. The molecule has 1 atom stereocenters. The molecule has 0 saturated carbocycles. The molecule has 110 valence electrons. The third kappa shape index (κ3) is 4.12. The Balaban J connectivity index is 1.80. The fraction of sp³-hybridized carbons (Fsp3) is 0.462. The molecule has 1 unspecified atom stereocenters. The molecule has 20 heavy (non-hydrogen) atoms. The molecule has 0 radical (unpaired) electrons. The summed E-state index contributed by atoms with van der Waals surface area (Å²) in [5.74, 6) is 0.902. The highest BCUT2D eigenvalue weighted by molar-refractivity contribution is 7.91. The summed E-state index contributed by atoms with van der Waals surface area (Å²) in [6.07, 6.45) is 0.481. The Morgan fingerprint density at radius 3 is 2.90 bits per heavy atom. The summed E-state index contributed by atoms with van der Waals surface area (Å²) in [5, 5.41) is 5.38. The van der Waals surface area contributed by atoms with Gasteiger partial charge < -0.3 is 15.4 Å². The Bertz CT molecular complexity index is 586. The second-order valence-electron chi connectivity index (χ2n) is 4.78. The molecule has 6 nitrogen and oxygen atoms in total. The summed E-state index contributed by atoms with van der Waals surface area (Å²) in [7, 11) is -1.39. The SMILES string of the molecule is COc1cccc(CNC(=O)NC2CCS(=O)(=O)C2)c1. The van der Waals surface area contributed by atoms with Crippen LogP contribution in [0.3, 0.4) is 0 Å². The molecule has 0 bridgehead atoms. The summed E-state index contributed by atoms with van der Waals surface area (Å²) in [4.78, 5) is 11.7. The van der Waals surface area contributed by atoms with Gasteiger partial charge in [-0.1, -0.05) is 12.1 Å². The Morgan fingerprint density at radius 2 is 2.25 bits per heavy atom. The molecule has 7 heteroatoms. The predicted molar refractivity (Wildman–Crippen MR) is 75.4 cm³/mol. The van der Waals surface area contributed by atoms with Crippen molar-refractivity contribution in [1.82, 2.24) is 10.6 Å². The molecule has 1 saturated heterocycles. The summed E-state index contributed by atoms with van der Waals surface area (Å²) >= 11 is 0. The van der Waals surface area contributed by atoms with Gasteiger partial charge in [0, 0.05) is 12.6 Å². The maximum atomic E-state index is 11.7. The molecule has 0 spiro atoms. The zero-order valence-electron chi connectivity index (χ0n) is 11.3. The van der Waals surface area contributed by atoms with E-state index in [4.69, 9.17) is 4.74 Å². The molecule has 1 aliphatic rings. The van der Waals surface area contributed by atoms with Gasteiger partial charge in [0.15, 0.2) is 9.84 Å². The lowest BCUT2D eigenvalue weighted by Crippen LogP contribution is -2.42. The fourth-order valence-corrected chi connectivity index (χ4v) is 3.78. The first-order chi connectivity index (χ1) is 9.48. The zero-order chi connectivity index (χ0) is 14.6. The van der Waals surface area contributed by atoms with Crippen LogP contribution in [0, 0.1) is 0 Å². The monoisotopic (exact) mass is 298 g/mol. The first-order valence-electron chi connectivity index (χ1n) is 6.36. The van der Waals surface area contributed by atoms with Crippen LogP contribution in [0.25, 0.3) is 0 Å². The van der Waals surface area contributed by atoms with Crippen molar-refractivity contribution < 1.29 is 17.9 Å². The maximum Gasteiger partial charge on any atom is 0.315 e. The molecule has 1 heterocycles. The lowest BCUT2D eigenvalue weighted by molar-refractivity contribution is 0.237. The quantitative estimate of drug-likeness (QED) is 0.856. The molecule has 1 aliphatic heterocycles. The minimum absolute atomic E-state index is 0.0274. The molecule has 0 aliphatic carbocycles. The molecule has 0 aromatic heterocycles. The third-order valence-electron chi connectivity index (χ3n) is 3.15. The van der Waals surface area contributed by atoms with E-state index >= 15 is 0 Å². The van der Waals surface area contributed by atoms with Crippen LogP contribution in [-0.2, 0) is 16.4 Å². The van der Waals surface area contributed by atoms with Crippen LogP contribution in [0.2, 0.25) is 0 Å². The van der Waals surface area contributed by atoms with E-state index in [9.17, 15) is 13.2 Å². The molecular weight excluding hydrogens is 280 g/mol. The topological polar surface area (TPSA) is 84.5 Å². The average Bonchev–Trinajstić information content (AvgIpc) is 2.76. The van der Waals surface area contributed by atoms with Crippen molar-refractivity contribution in [1.29, 1.82) is 0 Å². The van der Waals surface area contributed by atoms with Crippen LogP contribution in [0.4, 0.5) is 4.79 Å². The van der Waals surface area contributed by atoms with E-state index in [1.54, 1.807) is 7.11 Å². The highest BCUT2D eigenvalue weighted by Gasteiger charge is 2.28. The lowest BCUT2D eigenvalue weighted by Gasteiger charge is -2.12. The summed E-state index contributed by atoms with van der Waals surface area (Å²) in [6.45, 7) is 0.364. The van der Waals surface area contributed by atoms with Crippen molar-refractivity contribution in [2.75, 3.05) is 18.6 Å². The van der Waals surface area contributed by atoms with Crippen LogP contribution in [0.5, 0.6) is 5.75 Å². The maximum absolute atomic E-state index is 11.7. The van der Waals surface area contributed by atoms with Crippen LogP contribution in [0.1, 0.15) is 12.0 Å². The number of methoxy groups -OCH3 is 1. The summed E-state index contributed by atoms with van der Waals surface area (Å²) in [5.41, 5.74) is 0.915. The number of carbonyl (C=O) groups is 1. The normalized spacial score (nSPS) is 20.4. The van der Waals surface area contributed by atoms with Gasteiger partial charge in [-0.25, -0.2) is 13.2 Å². The van der Waals surface area contributed by atoms with E-state index in [2.05, 4.69) is 10.6 Å². The van der Waals surface area contributed by atoms with Crippen molar-refractivity contribution in [3.05, 3.63) is 29.8 Å². The van der Waals surface area contributed by atoms with Gasteiger partial charge in [-0.05, 0) is 24.1 Å². The molecule has 1 aromatic carbocycles. The summed E-state index contributed by atoms with van der Waals surface area (Å²) in [6, 6.07) is 6.74. The standard InChI is InChI=1S/C13H18N2O4S/c1-19-12-4-2-3-10(7-12)8-14-13(16)15-11-5-6-20(17,18)9-11/h2-4,7,11H,5-6,8-9H2,1H3,(H2,14,15,16). The van der Waals surface area contributed by atoms with E-state index in [-0.39, 0.29) is 23.6 Å². The Labute approximate surface area is 118 Å². The number of hydrogen-bond acceptors (Lipinski definition) is 4. The van der Waals surface area contributed by atoms with E-state index in [1.165, 1.54) is 0 Å². The van der Waals surface area contributed by atoms with Gasteiger partial charge in [-0.2, -0.15) is 0 Å². The number of nitrogens with one attached hydrogen (secondary N) is 2. The Kier molecular flexibility index (Phi) is 4.49. The van der Waals surface area contributed by atoms with Gasteiger partial charge in [-0.15, -0.1) is 0 Å². The zero-order valence-corrected chi connectivity index (χ0v) is 12.1. The second kappa shape index (κ2) is 6.13. The van der Waals surface area contributed by atoms with Crippen molar-refractivity contribution in [2.24, 2.45) is 0 Å². The van der Waals surface area contributed by atoms with Gasteiger partial charge in [-0.3, -0.25) is 0 Å². The molecule has 1 fully saturated rings. The second-order valence-corrected chi connectivity index (χ2v) is 7.01. The number of hydrogen-bond donors (Lipinski definition) is 2.